The Kier molecular flexibility index (Phi) is 7.67. The minimum Gasteiger partial charge on any atom is -0.390 e. The predicted molar refractivity (Wildman–Crippen MR) is 142 cm³/mol. The van der Waals surface area contributed by atoms with Crippen LogP contribution in [0.1, 0.15) is 63.8 Å². The second kappa shape index (κ2) is 10.6. The maximum atomic E-state index is 13.0. The minimum atomic E-state index is -0.835. The van der Waals surface area contributed by atoms with Crippen LogP contribution in [0.4, 0.5) is 5.69 Å². The first-order valence-corrected chi connectivity index (χ1v) is 12.9. The Hall–Kier alpha value is -2.95. The van der Waals surface area contributed by atoms with E-state index in [1.807, 2.05) is 52.1 Å². The summed E-state index contributed by atoms with van der Waals surface area (Å²) in [5.41, 5.74) is 3.09. The Bertz CT molecular complexity index is 1160. The smallest absolute Gasteiger partial charge is 0.246 e. The van der Waals surface area contributed by atoms with Crippen molar-refractivity contribution in [1.29, 1.82) is 5.26 Å². The Balaban J connectivity index is 1.56. The highest BCUT2D eigenvalue weighted by Crippen LogP contribution is 2.42. The monoisotopic (exact) mass is 507 g/mol. The Morgan fingerprint density at radius 2 is 1.83 bits per heavy atom. The van der Waals surface area contributed by atoms with Crippen molar-refractivity contribution in [1.82, 2.24) is 9.88 Å². The van der Waals surface area contributed by atoms with E-state index in [0.29, 0.717) is 16.5 Å². The summed E-state index contributed by atoms with van der Waals surface area (Å²) in [6, 6.07) is 15.7. The van der Waals surface area contributed by atoms with E-state index in [2.05, 4.69) is 33.2 Å². The molecule has 1 saturated carbocycles. The number of nitrogens with zero attached hydrogens (tertiary/aromatic N) is 5. The molecule has 1 aromatic carbocycles. The summed E-state index contributed by atoms with van der Waals surface area (Å²) in [4.78, 5) is 27.1. The first-order valence-electron chi connectivity index (χ1n) is 12.5. The van der Waals surface area contributed by atoms with Gasteiger partial charge in [-0.2, -0.15) is 5.26 Å². The molecular weight excluding hydrogens is 474 g/mol. The average Bonchev–Trinajstić information content (AvgIpc) is 2.86. The van der Waals surface area contributed by atoms with Crippen molar-refractivity contribution in [2.75, 3.05) is 19.0 Å². The van der Waals surface area contributed by atoms with Crippen molar-refractivity contribution in [2.45, 2.75) is 64.1 Å². The number of anilines is 1. The summed E-state index contributed by atoms with van der Waals surface area (Å²) in [7, 11) is 3.69. The fourth-order valence-electron chi connectivity index (χ4n) is 5.26. The number of nitriles is 1. The first-order chi connectivity index (χ1) is 17.1. The van der Waals surface area contributed by atoms with Gasteiger partial charge in [0.1, 0.15) is 16.7 Å². The third-order valence-corrected chi connectivity index (χ3v) is 7.36. The lowest BCUT2D eigenvalue weighted by Crippen LogP contribution is -2.49. The molecule has 2 aliphatic rings. The van der Waals surface area contributed by atoms with E-state index in [1.165, 1.54) is 4.90 Å². The molecule has 1 fully saturated rings. The third kappa shape index (κ3) is 5.40. The molecule has 1 amide bonds. The Morgan fingerprint density at radius 3 is 2.44 bits per heavy atom. The molecule has 0 spiro atoms. The van der Waals surface area contributed by atoms with Crippen LogP contribution < -0.4 is 4.90 Å². The van der Waals surface area contributed by atoms with E-state index in [1.54, 1.807) is 13.1 Å². The van der Waals surface area contributed by atoms with Gasteiger partial charge in [0.2, 0.25) is 5.91 Å². The highest BCUT2D eigenvalue weighted by Gasteiger charge is 2.44. The van der Waals surface area contributed by atoms with Crippen LogP contribution in [-0.4, -0.2) is 47.2 Å². The number of rotatable bonds is 5. The van der Waals surface area contributed by atoms with Crippen molar-refractivity contribution < 1.29 is 9.63 Å². The summed E-state index contributed by atoms with van der Waals surface area (Å²) < 4.78 is 0. The largest absolute Gasteiger partial charge is 0.390 e. The lowest BCUT2D eigenvalue weighted by atomic mass is 9.79. The number of aromatic nitrogens is 1. The number of oxime groups is 1. The van der Waals surface area contributed by atoms with Crippen molar-refractivity contribution in [2.24, 2.45) is 17.0 Å². The van der Waals surface area contributed by atoms with Gasteiger partial charge in [-0.3, -0.25) is 9.69 Å². The SMILES string of the molecule is CN1C(=O)C(C#N)C(N(C)C2CCC(/C(=N/OC(C)(C)C)c3ccccc3)CC2)c2nc(Cl)ccc21. The van der Waals surface area contributed by atoms with E-state index in [9.17, 15) is 10.1 Å². The van der Waals surface area contributed by atoms with Crippen molar-refractivity contribution >= 4 is 28.9 Å². The molecule has 2 atom stereocenters. The molecule has 2 aromatic rings. The van der Waals surface area contributed by atoms with E-state index in [0.717, 1.165) is 37.0 Å². The van der Waals surface area contributed by atoms with Gasteiger partial charge in [-0.25, -0.2) is 4.98 Å². The van der Waals surface area contributed by atoms with Crippen LogP contribution in [0.2, 0.25) is 5.15 Å². The molecule has 8 heteroatoms. The molecular formula is C28H34ClN5O2. The van der Waals surface area contributed by atoms with Gasteiger partial charge in [0.25, 0.3) is 0 Å². The van der Waals surface area contributed by atoms with Gasteiger partial charge in [-0.15, -0.1) is 0 Å². The van der Waals surface area contributed by atoms with Gasteiger partial charge in [-0.05, 0) is 71.2 Å². The molecule has 1 aliphatic heterocycles. The standard InChI is InChI=1S/C28H34ClN5O2/c1-28(2,3)36-32-24(18-9-7-6-8-10-18)19-11-13-20(14-12-19)33(4)26-21(17-30)27(35)34(5)22-15-16-23(29)31-25(22)26/h6-10,15-16,19-21,26H,11-14H2,1-5H3/b32-24+. The Labute approximate surface area is 218 Å². The fourth-order valence-corrected chi connectivity index (χ4v) is 5.41. The maximum absolute atomic E-state index is 13.0. The van der Waals surface area contributed by atoms with Crippen LogP contribution in [0, 0.1) is 23.2 Å². The number of amides is 1. The Morgan fingerprint density at radius 1 is 1.17 bits per heavy atom. The molecule has 36 heavy (non-hydrogen) atoms. The normalized spacial score (nSPS) is 24.9. The molecule has 1 aromatic heterocycles. The third-order valence-electron chi connectivity index (χ3n) is 7.15. The number of carbonyl (C=O) groups is 1. The molecule has 0 N–H and O–H groups in total. The van der Waals surface area contributed by atoms with Crippen LogP contribution in [0.25, 0.3) is 0 Å². The van der Waals surface area contributed by atoms with Crippen LogP contribution in [-0.2, 0) is 9.63 Å². The van der Waals surface area contributed by atoms with E-state index < -0.39 is 12.0 Å². The molecule has 1 aliphatic carbocycles. The second-order valence-electron chi connectivity index (χ2n) is 10.7. The van der Waals surface area contributed by atoms with Crippen LogP contribution in [0.5, 0.6) is 0 Å². The van der Waals surface area contributed by atoms with Crippen LogP contribution in [0.15, 0.2) is 47.6 Å². The zero-order valence-electron chi connectivity index (χ0n) is 21.6. The number of hydrogen-bond donors (Lipinski definition) is 0. The quantitative estimate of drug-likeness (QED) is 0.299. The topological polar surface area (TPSA) is 81.8 Å². The number of halogens is 1. The molecule has 0 bridgehead atoms. The summed E-state index contributed by atoms with van der Waals surface area (Å²) in [6.45, 7) is 5.99. The summed E-state index contributed by atoms with van der Waals surface area (Å²) in [6.07, 6.45) is 3.70. The molecule has 0 saturated heterocycles. The lowest BCUT2D eigenvalue weighted by molar-refractivity contribution is -0.123. The number of carbonyl (C=O) groups excluding carboxylic acids is 1. The fraction of sp³-hybridized carbons (Fsp3) is 0.500. The van der Waals surface area contributed by atoms with Gasteiger partial charge in [0, 0.05) is 19.0 Å². The zero-order valence-corrected chi connectivity index (χ0v) is 22.4. The highest BCUT2D eigenvalue weighted by molar-refractivity contribution is 6.29. The first kappa shape index (κ1) is 26.1. The second-order valence-corrected chi connectivity index (χ2v) is 11.1. The molecule has 2 heterocycles. The van der Waals surface area contributed by atoms with Gasteiger partial charge < -0.3 is 9.74 Å². The number of benzene rings is 1. The van der Waals surface area contributed by atoms with E-state index in [4.69, 9.17) is 16.4 Å². The number of pyridine rings is 1. The van der Waals surface area contributed by atoms with Gasteiger partial charge in [-0.1, -0.05) is 47.1 Å². The average molecular weight is 508 g/mol. The summed E-state index contributed by atoms with van der Waals surface area (Å²) in [5.74, 6) is -0.777. The van der Waals surface area contributed by atoms with Crippen LogP contribution >= 0.6 is 11.6 Å². The van der Waals surface area contributed by atoms with E-state index in [-0.39, 0.29) is 23.5 Å². The highest BCUT2D eigenvalue weighted by atomic mass is 35.5. The maximum Gasteiger partial charge on any atom is 0.246 e. The van der Waals surface area contributed by atoms with E-state index >= 15 is 0 Å². The van der Waals surface area contributed by atoms with Gasteiger partial charge >= 0.3 is 0 Å². The molecule has 4 rings (SSSR count). The van der Waals surface area contributed by atoms with Crippen molar-refractivity contribution in [3.8, 4) is 6.07 Å². The molecule has 190 valence electrons. The number of hydrogen-bond acceptors (Lipinski definition) is 6. The summed E-state index contributed by atoms with van der Waals surface area (Å²) >= 11 is 6.24. The number of fused-ring (bicyclic) bond motifs is 1. The van der Waals surface area contributed by atoms with Crippen molar-refractivity contribution in [3.05, 3.63) is 58.9 Å². The lowest BCUT2D eigenvalue weighted by Gasteiger charge is -2.43. The molecule has 2 unspecified atom stereocenters. The minimum absolute atomic E-state index is 0.201. The predicted octanol–water partition coefficient (Wildman–Crippen LogP) is 5.60. The summed E-state index contributed by atoms with van der Waals surface area (Å²) in [5, 5.41) is 14.9. The molecule has 7 nitrogen and oxygen atoms in total. The zero-order chi connectivity index (χ0) is 26.0. The van der Waals surface area contributed by atoms with Crippen LogP contribution in [0.3, 0.4) is 0 Å². The molecule has 0 radical (unpaired) electrons. The van der Waals surface area contributed by atoms with Crippen molar-refractivity contribution in [3.63, 3.8) is 0 Å². The van der Waals surface area contributed by atoms with Gasteiger partial charge in [0.15, 0.2) is 0 Å². The van der Waals surface area contributed by atoms with Gasteiger partial charge in [0.05, 0.1) is 29.2 Å².